The molecule has 2 fully saturated rings. The minimum absolute atomic E-state index is 0.0292. The van der Waals surface area contributed by atoms with Gasteiger partial charge < -0.3 is 24.6 Å². The molecule has 1 saturated heterocycles. The number of amides is 1. The Balaban J connectivity index is 1.73. The average molecular weight is 473 g/mol. The standard InChI is InChI=1S/C25H32N2O5S/c1-17-8-10-19(11-9-17)23(28)26(20-12-14-27(2,31)15-13-20)21-16-22(18-6-4-3-5-7-18)33-24(21)32-25(29)30/h3-7,16-17,19-20H,8-15H2,1-2H3,(H,29,30). The molecule has 2 heterocycles. The highest BCUT2D eigenvalue weighted by molar-refractivity contribution is 7.18. The van der Waals surface area contributed by atoms with E-state index in [4.69, 9.17) is 4.74 Å². The zero-order chi connectivity index (χ0) is 23.6. The van der Waals surface area contributed by atoms with Crippen LogP contribution in [0.1, 0.15) is 45.4 Å². The summed E-state index contributed by atoms with van der Waals surface area (Å²) in [5.74, 6) is 0.558. The maximum Gasteiger partial charge on any atom is 0.512 e. The molecule has 178 valence electrons. The fourth-order valence-corrected chi connectivity index (χ4v) is 5.99. The average Bonchev–Trinajstić information content (AvgIpc) is 3.18. The minimum atomic E-state index is -1.40. The van der Waals surface area contributed by atoms with Crippen molar-refractivity contribution in [3.05, 3.63) is 41.6 Å². The van der Waals surface area contributed by atoms with Gasteiger partial charge >= 0.3 is 6.16 Å². The molecule has 7 nitrogen and oxygen atoms in total. The first-order valence-corrected chi connectivity index (χ1v) is 12.5. The molecule has 1 aliphatic heterocycles. The largest absolute Gasteiger partial charge is 0.633 e. The van der Waals surface area contributed by atoms with Crippen LogP contribution in [0.4, 0.5) is 10.5 Å². The first kappa shape index (κ1) is 23.7. The van der Waals surface area contributed by atoms with Gasteiger partial charge in [0.25, 0.3) is 0 Å². The summed E-state index contributed by atoms with van der Waals surface area (Å²) in [6, 6.07) is 11.4. The molecule has 0 atom stereocenters. The predicted molar refractivity (Wildman–Crippen MR) is 129 cm³/mol. The van der Waals surface area contributed by atoms with Gasteiger partial charge in [0.2, 0.25) is 11.0 Å². The van der Waals surface area contributed by atoms with E-state index in [0.29, 0.717) is 37.5 Å². The number of hydroxylamine groups is 3. The van der Waals surface area contributed by atoms with Crippen molar-refractivity contribution in [2.24, 2.45) is 11.8 Å². The van der Waals surface area contributed by atoms with Crippen molar-refractivity contribution in [1.82, 2.24) is 0 Å². The number of nitrogens with zero attached hydrogens (tertiary/aromatic N) is 2. The van der Waals surface area contributed by atoms with Crippen molar-refractivity contribution < 1.29 is 24.1 Å². The number of hydrogen-bond donors (Lipinski definition) is 1. The summed E-state index contributed by atoms with van der Waals surface area (Å²) in [6.07, 6.45) is 3.47. The number of carbonyl (C=O) groups is 2. The summed E-state index contributed by atoms with van der Waals surface area (Å²) >= 11 is 1.23. The van der Waals surface area contributed by atoms with Crippen LogP contribution in [-0.4, -0.2) is 48.0 Å². The molecule has 1 aromatic heterocycles. The van der Waals surface area contributed by atoms with Gasteiger partial charge in [-0.3, -0.25) is 4.79 Å². The van der Waals surface area contributed by atoms with Gasteiger partial charge in [0, 0.05) is 29.7 Å². The van der Waals surface area contributed by atoms with Crippen LogP contribution in [0.5, 0.6) is 5.06 Å². The highest BCUT2D eigenvalue weighted by Crippen LogP contribution is 2.46. The smallest absolute Gasteiger partial charge is 0.512 e. The molecule has 2 aliphatic rings. The monoisotopic (exact) mass is 472 g/mol. The van der Waals surface area contributed by atoms with Crippen LogP contribution in [0, 0.1) is 17.0 Å². The zero-order valence-corrected chi connectivity index (χ0v) is 20.1. The van der Waals surface area contributed by atoms with Gasteiger partial charge in [0.05, 0.1) is 25.8 Å². The van der Waals surface area contributed by atoms with E-state index in [1.807, 2.05) is 36.4 Å². The lowest BCUT2D eigenvalue weighted by atomic mass is 9.82. The number of carboxylic acid groups (broad SMARTS) is 1. The molecule has 1 N–H and O–H groups in total. The van der Waals surface area contributed by atoms with Crippen LogP contribution in [0.15, 0.2) is 36.4 Å². The van der Waals surface area contributed by atoms with Gasteiger partial charge in [-0.15, -0.1) is 0 Å². The normalized spacial score (nSPS) is 27.7. The summed E-state index contributed by atoms with van der Waals surface area (Å²) in [7, 11) is 1.67. The minimum Gasteiger partial charge on any atom is -0.633 e. The lowest BCUT2D eigenvalue weighted by Gasteiger charge is -2.47. The highest BCUT2D eigenvalue weighted by atomic mass is 32.1. The van der Waals surface area contributed by atoms with Gasteiger partial charge in [0.1, 0.15) is 0 Å². The summed E-state index contributed by atoms with van der Waals surface area (Å²) < 4.78 is 4.88. The number of anilines is 1. The molecule has 1 saturated carbocycles. The van der Waals surface area contributed by atoms with E-state index < -0.39 is 6.16 Å². The Morgan fingerprint density at radius 3 is 2.33 bits per heavy atom. The molecule has 33 heavy (non-hydrogen) atoms. The fraction of sp³-hybridized carbons (Fsp3) is 0.520. The third kappa shape index (κ3) is 5.57. The van der Waals surface area contributed by atoms with Crippen molar-refractivity contribution in [3.63, 3.8) is 0 Å². The number of likely N-dealkylation sites (tertiary alicyclic amines) is 1. The van der Waals surface area contributed by atoms with Crippen molar-refractivity contribution in [2.75, 3.05) is 25.0 Å². The first-order chi connectivity index (χ1) is 15.7. The molecule has 8 heteroatoms. The third-order valence-corrected chi connectivity index (χ3v) is 8.07. The molecule has 1 aromatic carbocycles. The van der Waals surface area contributed by atoms with Crippen molar-refractivity contribution in [1.29, 1.82) is 0 Å². The zero-order valence-electron chi connectivity index (χ0n) is 19.2. The fourth-order valence-electron chi connectivity index (χ4n) is 4.99. The lowest BCUT2D eigenvalue weighted by Crippen LogP contribution is -2.53. The molecular formula is C25H32N2O5S. The number of piperidine rings is 1. The number of benzene rings is 1. The summed E-state index contributed by atoms with van der Waals surface area (Å²) in [6.45, 7) is 3.08. The Morgan fingerprint density at radius 2 is 1.73 bits per heavy atom. The van der Waals surface area contributed by atoms with Crippen LogP contribution in [0.25, 0.3) is 10.4 Å². The summed E-state index contributed by atoms with van der Waals surface area (Å²) in [4.78, 5) is 28.0. The summed E-state index contributed by atoms with van der Waals surface area (Å²) in [5.41, 5.74) is 1.45. The van der Waals surface area contributed by atoms with E-state index >= 15 is 0 Å². The van der Waals surface area contributed by atoms with Gasteiger partial charge in [-0.05, 0) is 43.2 Å². The number of hydrogen-bond acceptors (Lipinski definition) is 5. The summed E-state index contributed by atoms with van der Waals surface area (Å²) in [5, 5.41) is 22.1. The second-order valence-corrected chi connectivity index (χ2v) is 10.7. The molecule has 0 radical (unpaired) electrons. The number of thiophene rings is 1. The predicted octanol–water partition coefficient (Wildman–Crippen LogP) is 5.74. The van der Waals surface area contributed by atoms with E-state index in [0.717, 1.165) is 36.1 Å². The maximum atomic E-state index is 13.9. The van der Waals surface area contributed by atoms with Crippen LogP contribution in [0.2, 0.25) is 0 Å². The van der Waals surface area contributed by atoms with E-state index in [2.05, 4.69) is 6.92 Å². The van der Waals surface area contributed by atoms with Crippen LogP contribution in [0.3, 0.4) is 0 Å². The van der Waals surface area contributed by atoms with Gasteiger partial charge in [-0.1, -0.05) is 48.6 Å². The number of ether oxygens (including phenoxy) is 1. The maximum absolute atomic E-state index is 13.9. The Morgan fingerprint density at radius 1 is 1.09 bits per heavy atom. The molecule has 0 unspecified atom stereocenters. The molecular weight excluding hydrogens is 440 g/mol. The first-order valence-electron chi connectivity index (χ1n) is 11.7. The van der Waals surface area contributed by atoms with E-state index in [-0.39, 0.29) is 27.6 Å². The van der Waals surface area contributed by atoms with Gasteiger partial charge in [0.15, 0.2) is 0 Å². The third-order valence-electron chi connectivity index (χ3n) is 7.02. The van der Waals surface area contributed by atoms with E-state index in [9.17, 15) is 19.9 Å². The van der Waals surface area contributed by atoms with E-state index in [1.54, 1.807) is 11.9 Å². The number of rotatable bonds is 5. The van der Waals surface area contributed by atoms with Crippen molar-refractivity contribution in [3.8, 4) is 15.5 Å². The molecule has 0 bridgehead atoms. The molecule has 1 aliphatic carbocycles. The van der Waals surface area contributed by atoms with Crippen molar-refractivity contribution in [2.45, 2.75) is 51.5 Å². The quantitative estimate of drug-likeness (QED) is 0.341. The Bertz CT molecular complexity index is 972. The molecule has 2 aromatic rings. The number of carbonyl (C=O) groups excluding carboxylic acids is 1. The second kappa shape index (κ2) is 9.83. The molecule has 1 amide bonds. The molecule has 4 rings (SSSR count). The Kier molecular flexibility index (Phi) is 7.07. The van der Waals surface area contributed by atoms with Crippen LogP contribution in [-0.2, 0) is 4.79 Å². The van der Waals surface area contributed by atoms with Gasteiger partial charge in [-0.25, -0.2) is 4.79 Å². The van der Waals surface area contributed by atoms with Crippen LogP contribution < -0.4 is 9.64 Å². The number of quaternary nitrogens is 1. The Labute approximate surface area is 198 Å². The van der Waals surface area contributed by atoms with Crippen LogP contribution >= 0.6 is 11.3 Å². The lowest BCUT2D eigenvalue weighted by molar-refractivity contribution is -0.865. The highest BCUT2D eigenvalue weighted by Gasteiger charge is 2.38. The second-order valence-electron chi connectivity index (χ2n) is 9.66. The Hall–Kier alpha value is -2.42. The topological polar surface area (TPSA) is 89.9 Å². The van der Waals surface area contributed by atoms with E-state index in [1.165, 1.54) is 11.3 Å². The van der Waals surface area contributed by atoms with Gasteiger partial charge in [-0.2, -0.15) is 0 Å². The SMILES string of the molecule is CC1CCC(C(=O)N(c2cc(-c3ccccc3)sc2OC(=O)O)C2CC[N+](C)([O-])CC2)CC1. The van der Waals surface area contributed by atoms with Crippen molar-refractivity contribution >= 4 is 29.1 Å². The molecule has 0 spiro atoms.